The van der Waals surface area contributed by atoms with Crippen LogP contribution in [0.3, 0.4) is 0 Å². The first-order valence-electron chi connectivity index (χ1n) is 5.28. The monoisotopic (exact) mass is 289 g/mol. The Kier molecular flexibility index (Phi) is 3.24. The first-order valence-corrected chi connectivity index (χ1v) is 5.28. The molecule has 0 bridgehead atoms. The Balaban J connectivity index is 2.54. The number of rotatable bonds is 2. The van der Waals surface area contributed by atoms with E-state index in [1.165, 1.54) is 6.92 Å². The number of hydrogen-bond donors (Lipinski definition) is 1. The van der Waals surface area contributed by atoms with Gasteiger partial charge < -0.3 is 9.52 Å². The lowest BCUT2D eigenvalue weighted by Gasteiger charge is -2.08. The topological polar surface area (TPSA) is 63.3 Å². The number of oxazole rings is 1. The molecule has 0 fully saturated rings. The van der Waals surface area contributed by atoms with E-state index in [9.17, 15) is 22.4 Å². The van der Waals surface area contributed by atoms with Crippen LogP contribution in [0.2, 0.25) is 0 Å². The molecule has 8 heteroatoms. The highest BCUT2D eigenvalue weighted by Crippen LogP contribution is 2.34. The van der Waals surface area contributed by atoms with Gasteiger partial charge in [0.1, 0.15) is 11.6 Å². The van der Waals surface area contributed by atoms with Crippen LogP contribution in [0, 0.1) is 12.7 Å². The molecule has 1 aromatic carbocycles. The van der Waals surface area contributed by atoms with E-state index in [0.29, 0.717) is 12.1 Å². The van der Waals surface area contributed by atoms with Crippen LogP contribution in [0.1, 0.15) is 21.8 Å². The molecule has 20 heavy (non-hydrogen) atoms. The van der Waals surface area contributed by atoms with Crippen LogP contribution >= 0.6 is 0 Å². The van der Waals surface area contributed by atoms with Gasteiger partial charge in [0.05, 0.1) is 5.56 Å². The molecule has 1 aromatic heterocycles. The van der Waals surface area contributed by atoms with Crippen molar-refractivity contribution in [1.82, 2.24) is 4.98 Å². The van der Waals surface area contributed by atoms with Gasteiger partial charge in [-0.3, -0.25) is 0 Å². The number of aromatic nitrogens is 1. The van der Waals surface area contributed by atoms with Crippen molar-refractivity contribution in [3.8, 4) is 11.5 Å². The second-order valence-corrected chi connectivity index (χ2v) is 3.92. The van der Waals surface area contributed by atoms with Crippen molar-refractivity contribution in [2.45, 2.75) is 13.1 Å². The summed E-state index contributed by atoms with van der Waals surface area (Å²) < 4.78 is 55.8. The number of carboxylic acids is 1. The third kappa shape index (κ3) is 2.49. The average molecular weight is 289 g/mol. The van der Waals surface area contributed by atoms with E-state index in [4.69, 9.17) is 9.52 Å². The predicted molar refractivity (Wildman–Crippen MR) is 58.6 cm³/mol. The zero-order valence-electron chi connectivity index (χ0n) is 9.95. The van der Waals surface area contributed by atoms with Crippen molar-refractivity contribution in [1.29, 1.82) is 0 Å². The lowest BCUT2D eigenvalue weighted by molar-refractivity contribution is -0.139. The molecule has 2 aromatic rings. The number of alkyl halides is 3. The Labute approximate surface area is 109 Å². The Morgan fingerprint density at radius 2 is 2.00 bits per heavy atom. The highest BCUT2D eigenvalue weighted by atomic mass is 19.4. The van der Waals surface area contributed by atoms with Gasteiger partial charge in [0, 0.05) is 5.56 Å². The van der Waals surface area contributed by atoms with E-state index in [0.717, 1.165) is 6.07 Å². The van der Waals surface area contributed by atoms with Crippen molar-refractivity contribution >= 4 is 5.97 Å². The predicted octanol–water partition coefficient (Wildman–Crippen LogP) is 3.51. The number of nitrogens with zero attached hydrogens (tertiary/aromatic N) is 1. The lowest BCUT2D eigenvalue weighted by atomic mass is 10.1. The largest absolute Gasteiger partial charge is 0.476 e. The minimum Gasteiger partial charge on any atom is -0.476 e. The van der Waals surface area contributed by atoms with Crippen molar-refractivity contribution in [3.63, 3.8) is 0 Å². The van der Waals surface area contributed by atoms with Crippen molar-refractivity contribution in [2.24, 2.45) is 0 Å². The Morgan fingerprint density at radius 3 is 2.50 bits per heavy atom. The first-order chi connectivity index (χ1) is 9.20. The lowest BCUT2D eigenvalue weighted by Crippen LogP contribution is -2.08. The molecule has 2 rings (SSSR count). The van der Waals surface area contributed by atoms with Crippen LogP contribution < -0.4 is 0 Å². The minimum absolute atomic E-state index is 0.0506. The molecule has 0 spiro atoms. The quantitative estimate of drug-likeness (QED) is 0.859. The van der Waals surface area contributed by atoms with Gasteiger partial charge in [-0.1, -0.05) is 0 Å². The van der Waals surface area contributed by atoms with Crippen molar-refractivity contribution in [2.75, 3.05) is 0 Å². The smallest absolute Gasteiger partial charge is 0.419 e. The summed E-state index contributed by atoms with van der Waals surface area (Å²) in [5.74, 6) is -3.16. The fraction of sp³-hybridized carbons (Fsp3) is 0.167. The molecule has 0 unspecified atom stereocenters. The van der Waals surface area contributed by atoms with E-state index in [-0.39, 0.29) is 17.2 Å². The molecule has 0 aliphatic heterocycles. The highest BCUT2D eigenvalue weighted by molar-refractivity contribution is 5.87. The molecule has 1 heterocycles. The van der Waals surface area contributed by atoms with E-state index < -0.39 is 29.2 Å². The van der Waals surface area contributed by atoms with Gasteiger partial charge in [0.25, 0.3) is 0 Å². The molecule has 0 radical (unpaired) electrons. The summed E-state index contributed by atoms with van der Waals surface area (Å²) >= 11 is 0. The molecule has 1 N–H and O–H groups in total. The maximum absolute atomic E-state index is 13.1. The molecule has 0 aliphatic carbocycles. The maximum Gasteiger partial charge on any atom is 0.419 e. The fourth-order valence-corrected chi connectivity index (χ4v) is 1.59. The normalized spacial score (nSPS) is 11.7. The van der Waals surface area contributed by atoms with E-state index in [1.807, 2.05) is 0 Å². The standard InChI is InChI=1S/C12H7F4NO3/c1-5-9(11(18)19)17-10(20-5)6-2-3-8(13)7(4-6)12(14,15)16/h2-4H,1H3,(H,18,19). The first kappa shape index (κ1) is 14.0. The fourth-order valence-electron chi connectivity index (χ4n) is 1.59. The van der Waals surface area contributed by atoms with Gasteiger partial charge in [0.2, 0.25) is 5.89 Å². The van der Waals surface area contributed by atoms with Crippen LogP contribution in [-0.4, -0.2) is 16.1 Å². The third-order valence-corrected chi connectivity index (χ3v) is 2.52. The molecule has 0 aliphatic rings. The molecule has 0 saturated carbocycles. The summed E-state index contributed by atoms with van der Waals surface area (Å²) in [7, 11) is 0. The number of aryl methyl sites for hydroxylation is 1. The molecule has 0 amide bonds. The maximum atomic E-state index is 13.1. The summed E-state index contributed by atoms with van der Waals surface area (Å²) in [5.41, 5.74) is -2.03. The molecule has 0 saturated heterocycles. The van der Waals surface area contributed by atoms with E-state index in [1.54, 1.807) is 0 Å². The summed E-state index contributed by atoms with van der Waals surface area (Å²) in [5, 5.41) is 8.79. The number of halogens is 4. The summed E-state index contributed by atoms with van der Waals surface area (Å²) in [4.78, 5) is 14.4. The van der Waals surface area contributed by atoms with Gasteiger partial charge in [0.15, 0.2) is 5.69 Å². The van der Waals surface area contributed by atoms with Crippen LogP contribution in [0.5, 0.6) is 0 Å². The van der Waals surface area contributed by atoms with Crippen molar-refractivity contribution in [3.05, 3.63) is 41.0 Å². The van der Waals surface area contributed by atoms with Gasteiger partial charge in [-0.05, 0) is 25.1 Å². The zero-order chi connectivity index (χ0) is 15.1. The number of aromatic carboxylic acids is 1. The summed E-state index contributed by atoms with van der Waals surface area (Å²) in [6.07, 6.45) is -4.86. The Morgan fingerprint density at radius 1 is 1.35 bits per heavy atom. The number of carboxylic acid groups (broad SMARTS) is 1. The van der Waals surface area contributed by atoms with Crippen LogP contribution in [-0.2, 0) is 6.18 Å². The van der Waals surface area contributed by atoms with Gasteiger partial charge >= 0.3 is 12.1 Å². The minimum atomic E-state index is -4.86. The molecule has 0 atom stereocenters. The molecular formula is C12H7F4NO3. The molecule has 106 valence electrons. The van der Waals surface area contributed by atoms with Gasteiger partial charge in [-0.2, -0.15) is 13.2 Å². The zero-order valence-corrected chi connectivity index (χ0v) is 9.95. The van der Waals surface area contributed by atoms with Crippen molar-refractivity contribution < 1.29 is 31.9 Å². The number of hydrogen-bond acceptors (Lipinski definition) is 3. The third-order valence-electron chi connectivity index (χ3n) is 2.52. The Bertz CT molecular complexity index is 676. The molecule has 4 nitrogen and oxygen atoms in total. The van der Waals surface area contributed by atoms with Gasteiger partial charge in [-0.25, -0.2) is 14.2 Å². The second-order valence-electron chi connectivity index (χ2n) is 3.92. The highest BCUT2D eigenvalue weighted by Gasteiger charge is 2.34. The van der Waals surface area contributed by atoms with E-state index in [2.05, 4.69) is 4.98 Å². The van der Waals surface area contributed by atoms with Crippen LogP contribution in [0.15, 0.2) is 22.6 Å². The second kappa shape index (κ2) is 4.62. The number of carbonyl (C=O) groups is 1. The molecular weight excluding hydrogens is 282 g/mol. The van der Waals surface area contributed by atoms with E-state index >= 15 is 0 Å². The van der Waals surface area contributed by atoms with Gasteiger partial charge in [-0.15, -0.1) is 0 Å². The van der Waals surface area contributed by atoms with Crippen LogP contribution in [0.25, 0.3) is 11.5 Å². The number of benzene rings is 1. The summed E-state index contributed by atoms with van der Waals surface area (Å²) in [6, 6.07) is 2.17. The summed E-state index contributed by atoms with van der Waals surface area (Å²) in [6.45, 7) is 1.31. The average Bonchev–Trinajstić information content (AvgIpc) is 2.70. The SMILES string of the molecule is Cc1oc(-c2ccc(F)c(C(F)(F)F)c2)nc1C(=O)O. The Hall–Kier alpha value is -2.38. The van der Waals surface area contributed by atoms with Crippen LogP contribution in [0.4, 0.5) is 17.6 Å².